The van der Waals surface area contributed by atoms with Crippen LogP contribution in [0.1, 0.15) is 43.2 Å². The lowest BCUT2D eigenvalue weighted by atomic mass is 10.2. The van der Waals surface area contributed by atoms with Crippen molar-refractivity contribution in [3.63, 3.8) is 0 Å². The highest BCUT2D eigenvalue weighted by Crippen LogP contribution is 2.39. The van der Waals surface area contributed by atoms with E-state index < -0.39 is 57.9 Å². The molecule has 0 saturated carbocycles. The molecule has 0 spiro atoms. The summed E-state index contributed by atoms with van der Waals surface area (Å²) in [6.45, 7) is 0. The van der Waals surface area contributed by atoms with Crippen LogP contribution in [-0.4, -0.2) is 83.3 Å². The van der Waals surface area contributed by atoms with Gasteiger partial charge in [-0.2, -0.15) is 29.3 Å². The number of benzene rings is 2. The summed E-state index contributed by atoms with van der Waals surface area (Å²) in [6.07, 6.45) is -3.64. The topological polar surface area (TPSA) is 153 Å². The third-order valence-electron chi connectivity index (χ3n) is 7.81. The van der Waals surface area contributed by atoms with Gasteiger partial charge in [0.1, 0.15) is 0 Å². The standard InChI is InChI=1S/C18H16Cl2F2N2O5S.C18H16Cl2F2N2O3S/c1-24(17(25)16(21)22)15-12(19)6-5-10(13(15)20)8-30(27,28)9-11-4-3-7-23-14(11)18(26)29-2;1-24(17(25)16(21)22)15-12(19)6-5-10(13(15)20)8-28-9-11-4-3-7-23-14(11)18(26)27-2/h3-7,16H,8-9H2,1-2H3;3-7,16H,8-9H2,1-2H3. The zero-order valence-electron chi connectivity index (χ0n) is 30.7. The molecule has 0 saturated heterocycles. The Hall–Kier alpha value is -4.20. The van der Waals surface area contributed by atoms with Gasteiger partial charge < -0.3 is 19.3 Å². The van der Waals surface area contributed by atoms with Crippen molar-refractivity contribution in [1.29, 1.82) is 0 Å². The predicted octanol–water partition coefficient (Wildman–Crippen LogP) is 8.35. The molecule has 312 valence electrons. The number of halogens is 8. The minimum Gasteiger partial charge on any atom is -0.464 e. The van der Waals surface area contributed by atoms with Gasteiger partial charge in [-0.3, -0.25) is 9.59 Å². The van der Waals surface area contributed by atoms with E-state index in [4.69, 9.17) is 51.1 Å². The number of aromatic nitrogens is 2. The Morgan fingerprint density at radius 1 is 0.655 bits per heavy atom. The lowest BCUT2D eigenvalue weighted by molar-refractivity contribution is -0.129. The summed E-state index contributed by atoms with van der Waals surface area (Å²) >= 11 is 26.0. The number of hydrogen-bond acceptors (Lipinski definition) is 11. The van der Waals surface area contributed by atoms with Gasteiger partial charge in [0.2, 0.25) is 0 Å². The average molecular weight is 931 g/mol. The second-order valence-electron chi connectivity index (χ2n) is 11.7. The number of carbonyl (C=O) groups excluding carboxylic acids is 4. The molecule has 0 bridgehead atoms. The van der Waals surface area contributed by atoms with Crippen LogP contribution in [0.5, 0.6) is 0 Å². The summed E-state index contributed by atoms with van der Waals surface area (Å²) in [7, 11) is 0.770. The van der Waals surface area contributed by atoms with Crippen molar-refractivity contribution in [3.05, 3.63) is 115 Å². The molecule has 0 radical (unpaired) electrons. The molecule has 0 fully saturated rings. The minimum atomic E-state index is -3.89. The average Bonchev–Trinajstić information content (AvgIpc) is 3.18. The lowest BCUT2D eigenvalue weighted by Crippen LogP contribution is -2.32. The van der Waals surface area contributed by atoms with Gasteiger partial charge >= 0.3 is 24.8 Å². The number of sulfone groups is 1. The van der Waals surface area contributed by atoms with Crippen LogP contribution < -0.4 is 9.80 Å². The van der Waals surface area contributed by atoms with Crippen LogP contribution in [0.4, 0.5) is 28.9 Å². The maximum atomic E-state index is 12.8. The molecule has 4 aromatic rings. The first kappa shape index (κ1) is 48.2. The summed E-state index contributed by atoms with van der Waals surface area (Å²) in [4.78, 5) is 56.0. The summed E-state index contributed by atoms with van der Waals surface area (Å²) in [5, 5.41) is -0.133. The van der Waals surface area contributed by atoms with Crippen molar-refractivity contribution >= 4 is 103 Å². The molecule has 0 aliphatic rings. The first-order valence-electron chi connectivity index (χ1n) is 16.1. The zero-order chi connectivity index (χ0) is 43.5. The van der Waals surface area contributed by atoms with Crippen molar-refractivity contribution in [2.45, 2.75) is 35.9 Å². The van der Waals surface area contributed by atoms with Crippen LogP contribution in [0.3, 0.4) is 0 Å². The third kappa shape index (κ3) is 12.4. The van der Waals surface area contributed by atoms with E-state index in [0.717, 1.165) is 19.1 Å². The predicted molar refractivity (Wildman–Crippen MR) is 214 cm³/mol. The monoisotopic (exact) mass is 928 g/mol. The van der Waals surface area contributed by atoms with Crippen LogP contribution in [0.15, 0.2) is 60.9 Å². The van der Waals surface area contributed by atoms with Gasteiger partial charge in [-0.05, 0) is 41.0 Å². The molecule has 2 heterocycles. The molecule has 0 atom stereocenters. The Morgan fingerprint density at radius 2 is 1.05 bits per heavy atom. The van der Waals surface area contributed by atoms with Gasteiger partial charge in [-0.15, -0.1) is 0 Å². The summed E-state index contributed by atoms with van der Waals surface area (Å²) in [5.41, 5.74) is 1.36. The van der Waals surface area contributed by atoms with Crippen LogP contribution >= 0.6 is 58.2 Å². The number of hydrogen-bond donors (Lipinski definition) is 0. The highest BCUT2D eigenvalue weighted by molar-refractivity contribution is 7.97. The number of esters is 2. The van der Waals surface area contributed by atoms with E-state index in [1.165, 1.54) is 68.6 Å². The summed E-state index contributed by atoms with van der Waals surface area (Å²) in [6, 6.07) is 12.1. The number of anilines is 2. The van der Waals surface area contributed by atoms with Crippen molar-refractivity contribution in [1.82, 2.24) is 9.97 Å². The molecule has 0 N–H and O–H groups in total. The molecular weight excluding hydrogens is 898 g/mol. The van der Waals surface area contributed by atoms with Gasteiger partial charge in [0.05, 0.1) is 57.2 Å². The fourth-order valence-corrected chi connectivity index (χ4v) is 9.06. The van der Waals surface area contributed by atoms with Crippen molar-refractivity contribution in [2.75, 3.05) is 38.1 Å². The fraction of sp³-hybridized carbons (Fsp3) is 0.278. The number of alkyl halides is 4. The van der Waals surface area contributed by atoms with E-state index in [9.17, 15) is 45.2 Å². The van der Waals surface area contributed by atoms with Crippen LogP contribution in [-0.2, 0) is 51.9 Å². The maximum Gasteiger partial charge on any atom is 0.356 e. The molecule has 2 aromatic carbocycles. The van der Waals surface area contributed by atoms with Gasteiger partial charge in [-0.1, -0.05) is 70.7 Å². The van der Waals surface area contributed by atoms with E-state index in [2.05, 4.69) is 14.7 Å². The normalized spacial score (nSPS) is 11.1. The number of rotatable bonds is 14. The Morgan fingerprint density at radius 3 is 1.52 bits per heavy atom. The molecule has 12 nitrogen and oxygen atoms in total. The Bertz CT molecular complexity index is 2280. The van der Waals surface area contributed by atoms with E-state index in [1.54, 1.807) is 18.2 Å². The first-order chi connectivity index (χ1) is 27.3. The molecule has 0 aliphatic carbocycles. The summed E-state index contributed by atoms with van der Waals surface area (Å²) < 4.78 is 85.7. The number of thioether (sulfide) groups is 1. The van der Waals surface area contributed by atoms with E-state index in [0.29, 0.717) is 27.5 Å². The molecule has 2 amide bonds. The highest BCUT2D eigenvalue weighted by atomic mass is 35.5. The lowest BCUT2D eigenvalue weighted by Gasteiger charge is -2.21. The Labute approximate surface area is 354 Å². The zero-order valence-corrected chi connectivity index (χ0v) is 35.3. The SMILES string of the molecule is COC(=O)c1ncccc1CS(=O)(=O)Cc1ccc(Cl)c(N(C)C(=O)C(F)F)c1Cl.COC(=O)c1ncccc1CSCc1ccc(Cl)c(N(C)C(=O)C(F)F)c1Cl. The third-order valence-corrected chi connectivity index (χ3v) is 11.8. The second-order valence-corrected chi connectivity index (χ2v) is 16.3. The quantitative estimate of drug-likeness (QED) is 0.0886. The minimum absolute atomic E-state index is 0.0309. The van der Waals surface area contributed by atoms with Gasteiger partial charge in [0, 0.05) is 43.6 Å². The van der Waals surface area contributed by atoms with Crippen molar-refractivity contribution in [3.8, 4) is 0 Å². The molecule has 2 aromatic heterocycles. The van der Waals surface area contributed by atoms with Crippen LogP contribution in [0, 0.1) is 0 Å². The van der Waals surface area contributed by atoms with Gasteiger partial charge in [0.25, 0.3) is 11.8 Å². The number of pyridine rings is 2. The number of amides is 2. The van der Waals surface area contributed by atoms with Crippen LogP contribution in [0.25, 0.3) is 0 Å². The Kier molecular flexibility index (Phi) is 18.0. The molecule has 4 rings (SSSR count). The second kappa shape index (κ2) is 21.7. The highest BCUT2D eigenvalue weighted by Gasteiger charge is 2.28. The maximum absolute atomic E-state index is 12.8. The van der Waals surface area contributed by atoms with Gasteiger partial charge in [0.15, 0.2) is 21.2 Å². The number of carbonyl (C=O) groups is 4. The van der Waals surface area contributed by atoms with E-state index in [-0.39, 0.29) is 54.0 Å². The number of ether oxygens (including phenoxy) is 2. The van der Waals surface area contributed by atoms with Crippen LogP contribution in [0.2, 0.25) is 20.1 Å². The molecule has 0 aliphatic heterocycles. The molecule has 22 heteroatoms. The molecular formula is C36H32Cl4F4N4O8S2. The van der Waals surface area contributed by atoms with E-state index >= 15 is 0 Å². The van der Waals surface area contributed by atoms with Crippen molar-refractivity contribution < 1.29 is 54.6 Å². The van der Waals surface area contributed by atoms with E-state index in [1.807, 2.05) is 0 Å². The fourth-order valence-electron chi connectivity index (χ4n) is 4.98. The molecule has 0 unspecified atom stereocenters. The van der Waals surface area contributed by atoms with Crippen molar-refractivity contribution in [2.24, 2.45) is 0 Å². The largest absolute Gasteiger partial charge is 0.464 e. The molecule has 58 heavy (non-hydrogen) atoms. The summed E-state index contributed by atoms with van der Waals surface area (Å²) in [5.74, 6) is -4.57. The Balaban J connectivity index is 0.000000311. The smallest absolute Gasteiger partial charge is 0.356 e. The first-order valence-corrected chi connectivity index (χ1v) is 20.6. The number of methoxy groups -OCH3 is 2. The van der Waals surface area contributed by atoms with Gasteiger partial charge in [-0.25, -0.2) is 28.0 Å². The number of nitrogens with zero attached hydrogens (tertiary/aromatic N) is 4.